The standard InChI is InChI=1S/C13H8ClF4N/c14-8-3-6(1-2-9(8)15)13(19)7-4-11(17)12(18)5-10(7)16/h1-5,13H,19H2. The lowest BCUT2D eigenvalue weighted by molar-refractivity contribution is 0.487. The van der Waals surface area contributed by atoms with Crippen LogP contribution in [0.1, 0.15) is 17.2 Å². The molecule has 6 heteroatoms. The lowest BCUT2D eigenvalue weighted by Gasteiger charge is -2.14. The quantitative estimate of drug-likeness (QED) is 0.657. The molecule has 1 atom stereocenters. The van der Waals surface area contributed by atoms with Crippen molar-refractivity contribution in [3.05, 3.63) is 69.8 Å². The summed E-state index contributed by atoms with van der Waals surface area (Å²) in [7, 11) is 0. The molecule has 2 N–H and O–H groups in total. The van der Waals surface area contributed by atoms with Gasteiger partial charge >= 0.3 is 0 Å². The van der Waals surface area contributed by atoms with Gasteiger partial charge in [0.25, 0.3) is 0 Å². The molecule has 0 amide bonds. The van der Waals surface area contributed by atoms with E-state index in [0.717, 1.165) is 6.07 Å². The smallest absolute Gasteiger partial charge is 0.161 e. The molecule has 0 aliphatic carbocycles. The molecule has 0 spiro atoms. The predicted molar refractivity (Wildman–Crippen MR) is 63.8 cm³/mol. The van der Waals surface area contributed by atoms with Gasteiger partial charge in [-0.25, -0.2) is 17.6 Å². The van der Waals surface area contributed by atoms with Crippen molar-refractivity contribution in [2.45, 2.75) is 6.04 Å². The molecule has 0 radical (unpaired) electrons. The molecule has 0 fully saturated rings. The maximum absolute atomic E-state index is 13.6. The molecule has 1 unspecified atom stereocenters. The van der Waals surface area contributed by atoms with Crippen molar-refractivity contribution in [1.29, 1.82) is 0 Å². The van der Waals surface area contributed by atoms with Crippen LogP contribution in [0.4, 0.5) is 17.6 Å². The van der Waals surface area contributed by atoms with E-state index < -0.39 is 29.3 Å². The molecule has 0 saturated heterocycles. The van der Waals surface area contributed by atoms with E-state index in [1.54, 1.807) is 0 Å². The van der Waals surface area contributed by atoms with Crippen molar-refractivity contribution in [1.82, 2.24) is 0 Å². The number of nitrogens with two attached hydrogens (primary N) is 1. The lowest BCUT2D eigenvalue weighted by atomic mass is 9.99. The zero-order valence-corrected chi connectivity index (χ0v) is 10.2. The molecule has 2 rings (SSSR count). The van der Waals surface area contributed by atoms with Gasteiger partial charge in [0.05, 0.1) is 11.1 Å². The Balaban J connectivity index is 2.46. The van der Waals surface area contributed by atoms with Gasteiger partial charge in [0.2, 0.25) is 0 Å². The number of hydrogen-bond acceptors (Lipinski definition) is 1. The Morgan fingerprint density at radius 3 is 2.11 bits per heavy atom. The van der Waals surface area contributed by atoms with Crippen molar-refractivity contribution in [2.24, 2.45) is 5.73 Å². The monoisotopic (exact) mass is 289 g/mol. The minimum absolute atomic E-state index is 0.184. The summed E-state index contributed by atoms with van der Waals surface area (Å²) < 4.78 is 52.5. The number of halogens is 5. The molecule has 0 aromatic heterocycles. The van der Waals surface area contributed by atoms with Crippen molar-refractivity contribution in [3.8, 4) is 0 Å². The molecular weight excluding hydrogens is 282 g/mol. The zero-order valence-electron chi connectivity index (χ0n) is 9.43. The molecule has 2 aromatic carbocycles. The van der Waals surface area contributed by atoms with Gasteiger partial charge in [-0.3, -0.25) is 0 Å². The molecule has 0 heterocycles. The molecular formula is C13H8ClF4N. The first-order valence-corrected chi connectivity index (χ1v) is 5.63. The average molecular weight is 290 g/mol. The lowest BCUT2D eigenvalue weighted by Crippen LogP contribution is -2.14. The first kappa shape index (κ1) is 13.8. The second kappa shape index (κ2) is 5.19. The highest BCUT2D eigenvalue weighted by atomic mass is 35.5. The van der Waals surface area contributed by atoms with Crippen LogP contribution in [0.3, 0.4) is 0 Å². The highest BCUT2D eigenvalue weighted by Crippen LogP contribution is 2.27. The summed E-state index contributed by atoms with van der Waals surface area (Å²) in [5.41, 5.74) is 5.80. The molecule has 0 bridgehead atoms. The highest BCUT2D eigenvalue weighted by molar-refractivity contribution is 6.30. The largest absolute Gasteiger partial charge is 0.320 e. The summed E-state index contributed by atoms with van der Waals surface area (Å²) in [5.74, 6) is -4.14. The van der Waals surface area contributed by atoms with Crippen LogP contribution in [-0.4, -0.2) is 0 Å². The Hall–Kier alpha value is -1.59. The summed E-state index contributed by atoms with van der Waals surface area (Å²) in [6, 6.07) is 3.58. The third-order valence-corrected chi connectivity index (χ3v) is 2.97. The van der Waals surface area contributed by atoms with Crippen LogP contribution in [0, 0.1) is 23.3 Å². The van der Waals surface area contributed by atoms with Crippen LogP contribution < -0.4 is 5.73 Å². The Labute approximate surface area is 111 Å². The van der Waals surface area contributed by atoms with Crippen LogP contribution in [0.25, 0.3) is 0 Å². The van der Waals surface area contributed by atoms with Gasteiger partial charge in [-0.2, -0.15) is 0 Å². The molecule has 1 nitrogen and oxygen atoms in total. The molecule has 19 heavy (non-hydrogen) atoms. The third kappa shape index (κ3) is 2.72. The van der Waals surface area contributed by atoms with Gasteiger partial charge in [-0.05, 0) is 23.8 Å². The average Bonchev–Trinajstić information content (AvgIpc) is 2.36. The Kier molecular flexibility index (Phi) is 3.78. The van der Waals surface area contributed by atoms with Gasteiger partial charge < -0.3 is 5.73 Å². The first-order chi connectivity index (χ1) is 8.90. The van der Waals surface area contributed by atoms with Crippen molar-refractivity contribution in [3.63, 3.8) is 0 Å². The fourth-order valence-corrected chi connectivity index (χ4v) is 1.85. The zero-order chi connectivity index (χ0) is 14.2. The number of benzene rings is 2. The van der Waals surface area contributed by atoms with Crippen LogP contribution in [0.5, 0.6) is 0 Å². The first-order valence-electron chi connectivity index (χ1n) is 5.25. The van der Waals surface area contributed by atoms with Gasteiger partial charge in [0, 0.05) is 11.6 Å². The fraction of sp³-hybridized carbons (Fsp3) is 0.0769. The van der Waals surface area contributed by atoms with Crippen LogP contribution in [0.15, 0.2) is 30.3 Å². The third-order valence-electron chi connectivity index (χ3n) is 2.68. The van der Waals surface area contributed by atoms with E-state index in [4.69, 9.17) is 17.3 Å². The van der Waals surface area contributed by atoms with E-state index in [9.17, 15) is 17.6 Å². The minimum Gasteiger partial charge on any atom is -0.320 e. The van der Waals surface area contributed by atoms with Crippen LogP contribution in [-0.2, 0) is 0 Å². The second-order valence-corrected chi connectivity index (χ2v) is 4.35. The summed E-state index contributed by atoms with van der Waals surface area (Å²) in [5, 5.41) is -0.184. The molecule has 0 aliphatic rings. The minimum atomic E-state index is -1.30. The molecule has 100 valence electrons. The summed E-state index contributed by atoms with van der Waals surface area (Å²) in [4.78, 5) is 0. The van der Waals surface area contributed by atoms with E-state index in [2.05, 4.69) is 0 Å². The SMILES string of the molecule is NC(c1ccc(F)c(Cl)c1)c1cc(F)c(F)cc1F. The van der Waals surface area contributed by atoms with E-state index in [1.807, 2.05) is 0 Å². The van der Waals surface area contributed by atoms with Gasteiger partial charge in [0.1, 0.15) is 11.6 Å². The van der Waals surface area contributed by atoms with Crippen molar-refractivity contribution in [2.75, 3.05) is 0 Å². The summed E-state index contributed by atoms with van der Waals surface area (Å²) in [6.07, 6.45) is 0. The van der Waals surface area contributed by atoms with Gasteiger partial charge in [0.15, 0.2) is 11.6 Å². The predicted octanol–water partition coefficient (Wildman–Crippen LogP) is 3.94. The maximum atomic E-state index is 13.6. The molecule has 0 saturated carbocycles. The molecule has 2 aromatic rings. The highest BCUT2D eigenvalue weighted by Gasteiger charge is 2.18. The van der Waals surface area contributed by atoms with E-state index in [-0.39, 0.29) is 16.1 Å². The Bertz CT molecular complexity index is 630. The second-order valence-electron chi connectivity index (χ2n) is 3.94. The topological polar surface area (TPSA) is 26.0 Å². The van der Waals surface area contributed by atoms with Crippen LogP contribution in [0.2, 0.25) is 5.02 Å². The van der Waals surface area contributed by atoms with E-state index in [0.29, 0.717) is 12.1 Å². The maximum Gasteiger partial charge on any atom is 0.161 e. The van der Waals surface area contributed by atoms with Crippen molar-refractivity contribution >= 4 is 11.6 Å². The summed E-state index contributed by atoms with van der Waals surface area (Å²) in [6.45, 7) is 0. The summed E-state index contributed by atoms with van der Waals surface area (Å²) >= 11 is 5.58. The van der Waals surface area contributed by atoms with Gasteiger partial charge in [-0.1, -0.05) is 17.7 Å². The Morgan fingerprint density at radius 2 is 1.47 bits per heavy atom. The Morgan fingerprint density at radius 1 is 0.842 bits per heavy atom. The normalized spacial score (nSPS) is 12.5. The number of rotatable bonds is 2. The van der Waals surface area contributed by atoms with E-state index >= 15 is 0 Å². The van der Waals surface area contributed by atoms with E-state index in [1.165, 1.54) is 12.1 Å². The van der Waals surface area contributed by atoms with Gasteiger partial charge in [-0.15, -0.1) is 0 Å². The number of hydrogen-bond donors (Lipinski definition) is 1. The van der Waals surface area contributed by atoms with Crippen LogP contribution >= 0.6 is 11.6 Å². The van der Waals surface area contributed by atoms with Crippen molar-refractivity contribution < 1.29 is 17.6 Å². The fourth-order valence-electron chi connectivity index (χ4n) is 1.66. The molecule has 0 aliphatic heterocycles.